The zero-order chi connectivity index (χ0) is 13.1. The first-order chi connectivity index (χ1) is 7.84. The van der Waals surface area contributed by atoms with Gasteiger partial charge in [-0.1, -0.05) is 33.6 Å². The lowest BCUT2D eigenvalue weighted by Gasteiger charge is -2.36. The van der Waals surface area contributed by atoms with Crippen LogP contribution in [0.15, 0.2) is 0 Å². The third kappa shape index (κ3) is 4.28. The van der Waals surface area contributed by atoms with Crippen LogP contribution in [0.2, 0.25) is 0 Å². The Labute approximate surface area is 104 Å². The molecule has 3 atom stereocenters. The van der Waals surface area contributed by atoms with Crippen molar-refractivity contribution in [2.75, 3.05) is 6.54 Å². The molecule has 1 saturated carbocycles. The van der Waals surface area contributed by atoms with E-state index in [9.17, 15) is 9.90 Å². The molecule has 0 saturated heterocycles. The van der Waals surface area contributed by atoms with Crippen LogP contribution in [-0.2, 0) is 4.79 Å². The summed E-state index contributed by atoms with van der Waals surface area (Å²) >= 11 is 0. The highest BCUT2D eigenvalue weighted by Gasteiger charge is 2.33. The predicted molar refractivity (Wildman–Crippen MR) is 68.4 cm³/mol. The van der Waals surface area contributed by atoms with E-state index in [1.807, 2.05) is 13.8 Å². The Bertz CT molecular complexity index is 268. The van der Waals surface area contributed by atoms with Gasteiger partial charge in [-0.15, -0.1) is 0 Å². The summed E-state index contributed by atoms with van der Waals surface area (Å²) in [4.78, 5) is 11.7. The average Bonchev–Trinajstić information content (AvgIpc) is 2.24. The second kappa shape index (κ2) is 5.83. The molecular weight excluding hydrogens is 216 g/mol. The van der Waals surface area contributed by atoms with Crippen LogP contribution in [0.1, 0.15) is 46.5 Å². The highest BCUT2D eigenvalue weighted by molar-refractivity contribution is 5.81. The van der Waals surface area contributed by atoms with Crippen molar-refractivity contribution in [3.8, 4) is 0 Å². The van der Waals surface area contributed by atoms with Gasteiger partial charge < -0.3 is 16.2 Å². The number of rotatable bonds is 4. The van der Waals surface area contributed by atoms with Crippen molar-refractivity contribution < 1.29 is 9.90 Å². The van der Waals surface area contributed by atoms with Gasteiger partial charge >= 0.3 is 0 Å². The molecule has 3 unspecified atom stereocenters. The molecule has 1 aliphatic carbocycles. The van der Waals surface area contributed by atoms with Crippen molar-refractivity contribution in [3.63, 3.8) is 0 Å². The first kappa shape index (κ1) is 14.5. The summed E-state index contributed by atoms with van der Waals surface area (Å²) in [6.07, 6.45) is 3.74. The molecule has 0 spiro atoms. The molecule has 0 aromatic carbocycles. The van der Waals surface area contributed by atoms with E-state index in [0.717, 1.165) is 19.3 Å². The van der Waals surface area contributed by atoms with Gasteiger partial charge in [0.25, 0.3) is 0 Å². The third-order valence-corrected chi connectivity index (χ3v) is 3.68. The van der Waals surface area contributed by atoms with Gasteiger partial charge in [-0.25, -0.2) is 0 Å². The molecule has 0 aliphatic heterocycles. The first-order valence-corrected chi connectivity index (χ1v) is 6.60. The summed E-state index contributed by atoms with van der Waals surface area (Å²) in [5.74, 6) is 0.492. The van der Waals surface area contributed by atoms with Gasteiger partial charge in [-0.05, 0) is 24.7 Å². The monoisotopic (exact) mass is 242 g/mol. The van der Waals surface area contributed by atoms with Crippen LogP contribution in [0.25, 0.3) is 0 Å². The molecule has 0 bridgehead atoms. The van der Waals surface area contributed by atoms with Gasteiger partial charge in [0.05, 0.1) is 11.6 Å². The Morgan fingerprint density at radius 2 is 2.24 bits per heavy atom. The summed E-state index contributed by atoms with van der Waals surface area (Å²) < 4.78 is 0. The largest absolute Gasteiger partial charge is 0.388 e. The van der Waals surface area contributed by atoms with Gasteiger partial charge in [-0.3, -0.25) is 4.79 Å². The van der Waals surface area contributed by atoms with E-state index in [4.69, 9.17) is 5.73 Å². The van der Waals surface area contributed by atoms with Crippen LogP contribution in [-0.4, -0.2) is 29.2 Å². The minimum Gasteiger partial charge on any atom is -0.388 e. The fraction of sp³-hybridized carbons (Fsp3) is 0.923. The van der Waals surface area contributed by atoms with Gasteiger partial charge in [-0.2, -0.15) is 0 Å². The molecule has 0 radical (unpaired) electrons. The van der Waals surface area contributed by atoms with Gasteiger partial charge in [0.2, 0.25) is 5.91 Å². The van der Waals surface area contributed by atoms with Gasteiger partial charge in [0, 0.05) is 6.54 Å². The lowest BCUT2D eigenvalue weighted by molar-refractivity contribution is -0.125. The second-order valence-corrected chi connectivity index (χ2v) is 5.91. The van der Waals surface area contributed by atoms with Crippen LogP contribution in [0, 0.1) is 11.8 Å². The zero-order valence-corrected chi connectivity index (χ0v) is 11.2. The van der Waals surface area contributed by atoms with Crippen molar-refractivity contribution in [1.82, 2.24) is 5.32 Å². The molecule has 1 fully saturated rings. The molecule has 4 N–H and O–H groups in total. The van der Waals surface area contributed by atoms with E-state index in [0.29, 0.717) is 12.5 Å². The lowest BCUT2D eigenvalue weighted by atomic mass is 9.79. The molecule has 100 valence electrons. The molecule has 1 aliphatic rings. The van der Waals surface area contributed by atoms with E-state index in [1.165, 1.54) is 6.42 Å². The van der Waals surface area contributed by atoms with E-state index < -0.39 is 11.6 Å². The fourth-order valence-electron chi connectivity index (χ4n) is 2.47. The normalized spacial score (nSPS) is 31.3. The van der Waals surface area contributed by atoms with E-state index in [1.54, 1.807) is 0 Å². The fourth-order valence-corrected chi connectivity index (χ4v) is 2.47. The maximum Gasteiger partial charge on any atom is 0.237 e. The van der Waals surface area contributed by atoms with E-state index >= 15 is 0 Å². The Hall–Kier alpha value is -0.610. The Morgan fingerprint density at radius 3 is 2.76 bits per heavy atom. The van der Waals surface area contributed by atoms with Crippen molar-refractivity contribution in [1.29, 1.82) is 0 Å². The van der Waals surface area contributed by atoms with Crippen LogP contribution < -0.4 is 11.1 Å². The number of carbonyl (C=O) groups excluding carboxylic acids is 1. The summed E-state index contributed by atoms with van der Waals surface area (Å²) in [6.45, 7) is 6.31. The quantitative estimate of drug-likeness (QED) is 0.689. The first-order valence-electron chi connectivity index (χ1n) is 6.60. The molecule has 0 heterocycles. The molecule has 4 heteroatoms. The van der Waals surface area contributed by atoms with Gasteiger partial charge in [0.15, 0.2) is 0 Å². The minimum atomic E-state index is -0.732. The molecule has 4 nitrogen and oxygen atoms in total. The summed E-state index contributed by atoms with van der Waals surface area (Å²) in [5, 5.41) is 13.1. The van der Waals surface area contributed by atoms with Crippen molar-refractivity contribution in [2.24, 2.45) is 17.6 Å². The van der Waals surface area contributed by atoms with Crippen LogP contribution >= 0.6 is 0 Å². The predicted octanol–water partition coefficient (Wildman–Crippen LogP) is 1.03. The maximum absolute atomic E-state index is 11.7. The Kier molecular flexibility index (Phi) is 4.95. The topological polar surface area (TPSA) is 75.3 Å². The van der Waals surface area contributed by atoms with E-state index in [-0.39, 0.29) is 11.8 Å². The molecule has 17 heavy (non-hydrogen) atoms. The summed E-state index contributed by atoms with van der Waals surface area (Å²) in [7, 11) is 0. The van der Waals surface area contributed by atoms with E-state index in [2.05, 4.69) is 12.2 Å². The molecular formula is C13H26N2O2. The second-order valence-electron chi connectivity index (χ2n) is 5.91. The highest BCUT2D eigenvalue weighted by Crippen LogP contribution is 2.31. The number of hydrogen-bond acceptors (Lipinski definition) is 3. The van der Waals surface area contributed by atoms with Gasteiger partial charge in [0.1, 0.15) is 0 Å². The van der Waals surface area contributed by atoms with Crippen LogP contribution in [0.4, 0.5) is 0 Å². The summed E-state index contributed by atoms with van der Waals surface area (Å²) in [6, 6.07) is -0.486. The SMILES string of the molecule is CC1CCCC(O)(CNC(=O)C(N)C(C)C)C1. The zero-order valence-electron chi connectivity index (χ0n) is 11.2. The number of amides is 1. The van der Waals surface area contributed by atoms with Crippen molar-refractivity contribution >= 4 is 5.91 Å². The smallest absolute Gasteiger partial charge is 0.237 e. The number of carbonyl (C=O) groups is 1. The number of aliphatic hydroxyl groups is 1. The minimum absolute atomic E-state index is 0.120. The third-order valence-electron chi connectivity index (χ3n) is 3.68. The molecule has 1 amide bonds. The van der Waals surface area contributed by atoms with Crippen molar-refractivity contribution in [2.45, 2.75) is 58.1 Å². The van der Waals surface area contributed by atoms with Crippen LogP contribution in [0.3, 0.4) is 0 Å². The molecule has 0 aromatic heterocycles. The Morgan fingerprint density at radius 1 is 1.59 bits per heavy atom. The molecule has 1 rings (SSSR count). The maximum atomic E-state index is 11.7. The Balaban J connectivity index is 2.41. The summed E-state index contributed by atoms with van der Waals surface area (Å²) in [5.41, 5.74) is 5.02. The standard InChI is InChI=1S/C13H26N2O2/c1-9(2)11(14)12(16)15-8-13(17)6-4-5-10(3)7-13/h9-11,17H,4-8,14H2,1-3H3,(H,15,16). The highest BCUT2D eigenvalue weighted by atomic mass is 16.3. The molecule has 0 aromatic rings. The number of nitrogens with one attached hydrogen (secondary N) is 1. The number of nitrogens with two attached hydrogens (primary N) is 1. The van der Waals surface area contributed by atoms with Crippen LogP contribution in [0.5, 0.6) is 0 Å². The number of hydrogen-bond donors (Lipinski definition) is 3. The lowest BCUT2D eigenvalue weighted by Crippen LogP contribution is -2.51. The van der Waals surface area contributed by atoms with Crippen molar-refractivity contribution in [3.05, 3.63) is 0 Å². The average molecular weight is 242 g/mol.